The fraction of sp³-hybridized carbons (Fsp3) is 0.625. The first-order chi connectivity index (χ1) is 8.31. The molecule has 0 atom stereocenters. The molecule has 0 bridgehead atoms. The molecule has 1 aromatic rings. The SMILES string of the molecule is CNC1CCC2(CCc3ccccc3C2)CC1.Cl. The third kappa shape index (κ3) is 2.57. The quantitative estimate of drug-likeness (QED) is 0.816. The molecule has 100 valence electrons. The minimum Gasteiger partial charge on any atom is -0.317 e. The molecule has 0 radical (unpaired) electrons. The molecule has 1 saturated carbocycles. The highest BCUT2D eigenvalue weighted by atomic mass is 35.5. The second-order valence-electron chi connectivity index (χ2n) is 6.01. The fourth-order valence-corrected chi connectivity index (χ4v) is 3.81. The number of hydrogen-bond donors (Lipinski definition) is 1. The Morgan fingerprint density at radius 3 is 2.39 bits per heavy atom. The van der Waals surface area contributed by atoms with Crippen LogP contribution in [0.5, 0.6) is 0 Å². The largest absolute Gasteiger partial charge is 0.317 e. The highest BCUT2D eigenvalue weighted by Crippen LogP contribution is 2.46. The molecule has 0 unspecified atom stereocenters. The van der Waals surface area contributed by atoms with Crippen molar-refractivity contribution in [2.45, 2.75) is 51.0 Å². The lowest BCUT2D eigenvalue weighted by atomic mass is 9.63. The maximum Gasteiger partial charge on any atom is 0.00644 e. The number of nitrogens with one attached hydrogen (secondary N) is 1. The van der Waals surface area contributed by atoms with Crippen molar-refractivity contribution in [2.75, 3.05) is 7.05 Å². The van der Waals surface area contributed by atoms with Gasteiger partial charge in [0.25, 0.3) is 0 Å². The molecule has 1 fully saturated rings. The van der Waals surface area contributed by atoms with E-state index in [0.29, 0.717) is 5.41 Å². The molecule has 3 rings (SSSR count). The van der Waals surface area contributed by atoms with Crippen LogP contribution in [0.25, 0.3) is 0 Å². The maximum absolute atomic E-state index is 3.45. The Labute approximate surface area is 117 Å². The van der Waals surface area contributed by atoms with Gasteiger partial charge in [-0.05, 0) is 68.5 Å². The molecule has 0 amide bonds. The zero-order valence-corrected chi connectivity index (χ0v) is 12.1. The Bertz CT molecular complexity index is 394. The standard InChI is InChI=1S/C16H23N.ClH/c1-17-15-7-10-16(11-8-15)9-6-13-4-2-3-5-14(13)12-16;/h2-5,15,17H,6-12H2,1H3;1H. The summed E-state index contributed by atoms with van der Waals surface area (Å²) in [4.78, 5) is 0. The molecule has 1 nitrogen and oxygen atoms in total. The van der Waals surface area contributed by atoms with Gasteiger partial charge in [-0.1, -0.05) is 24.3 Å². The number of rotatable bonds is 1. The van der Waals surface area contributed by atoms with Crippen LogP contribution in [-0.4, -0.2) is 13.1 Å². The minimum atomic E-state index is 0. The highest BCUT2D eigenvalue weighted by Gasteiger charge is 2.37. The van der Waals surface area contributed by atoms with Crippen LogP contribution in [0.2, 0.25) is 0 Å². The molecule has 18 heavy (non-hydrogen) atoms. The zero-order valence-electron chi connectivity index (χ0n) is 11.2. The second-order valence-corrected chi connectivity index (χ2v) is 6.01. The predicted molar refractivity (Wildman–Crippen MR) is 79.5 cm³/mol. The number of fused-ring (bicyclic) bond motifs is 1. The zero-order chi connectivity index (χ0) is 11.7. The summed E-state index contributed by atoms with van der Waals surface area (Å²) >= 11 is 0. The highest BCUT2D eigenvalue weighted by molar-refractivity contribution is 5.85. The molecular formula is C16H24ClN. The van der Waals surface area contributed by atoms with Crippen molar-refractivity contribution < 1.29 is 0 Å². The first kappa shape index (κ1) is 13.9. The van der Waals surface area contributed by atoms with Crippen LogP contribution in [0.4, 0.5) is 0 Å². The molecule has 0 aromatic heterocycles. The van der Waals surface area contributed by atoms with Gasteiger partial charge in [0.15, 0.2) is 0 Å². The van der Waals surface area contributed by atoms with Crippen LogP contribution >= 0.6 is 12.4 Å². The van der Waals surface area contributed by atoms with E-state index in [1.165, 1.54) is 44.9 Å². The van der Waals surface area contributed by atoms with Crippen molar-refractivity contribution in [1.29, 1.82) is 0 Å². The topological polar surface area (TPSA) is 12.0 Å². The summed E-state index contributed by atoms with van der Waals surface area (Å²) in [5.41, 5.74) is 3.87. The molecule has 2 aliphatic rings. The Morgan fingerprint density at radius 1 is 1.06 bits per heavy atom. The average Bonchev–Trinajstić information content (AvgIpc) is 2.40. The molecule has 1 aromatic carbocycles. The molecule has 1 N–H and O–H groups in total. The summed E-state index contributed by atoms with van der Waals surface area (Å²) in [6, 6.07) is 9.84. The van der Waals surface area contributed by atoms with Gasteiger partial charge in [-0.3, -0.25) is 0 Å². The molecule has 2 aliphatic carbocycles. The lowest BCUT2D eigenvalue weighted by Gasteiger charge is -2.43. The van der Waals surface area contributed by atoms with Crippen LogP contribution in [-0.2, 0) is 12.8 Å². The van der Waals surface area contributed by atoms with Crippen molar-refractivity contribution in [2.24, 2.45) is 5.41 Å². The summed E-state index contributed by atoms with van der Waals surface area (Å²) in [5, 5.41) is 3.45. The summed E-state index contributed by atoms with van der Waals surface area (Å²) in [6.07, 6.45) is 9.65. The van der Waals surface area contributed by atoms with E-state index in [-0.39, 0.29) is 12.4 Å². The van der Waals surface area contributed by atoms with Crippen LogP contribution in [0.3, 0.4) is 0 Å². The number of halogens is 1. The van der Waals surface area contributed by atoms with E-state index in [0.717, 1.165) is 6.04 Å². The van der Waals surface area contributed by atoms with Gasteiger partial charge < -0.3 is 5.32 Å². The van der Waals surface area contributed by atoms with Crippen molar-refractivity contribution >= 4 is 12.4 Å². The van der Waals surface area contributed by atoms with Crippen LogP contribution in [0.15, 0.2) is 24.3 Å². The maximum atomic E-state index is 3.45. The molecule has 0 aliphatic heterocycles. The second kappa shape index (κ2) is 5.63. The summed E-state index contributed by atoms with van der Waals surface area (Å²) in [7, 11) is 2.11. The lowest BCUT2D eigenvalue weighted by Crippen LogP contribution is -2.39. The lowest BCUT2D eigenvalue weighted by molar-refractivity contribution is 0.142. The third-order valence-electron chi connectivity index (χ3n) is 5.06. The van der Waals surface area contributed by atoms with E-state index in [2.05, 4.69) is 36.6 Å². The van der Waals surface area contributed by atoms with E-state index in [9.17, 15) is 0 Å². The Hall–Kier alpha value is -0.530. The average molecular weight is 266 g/mol. The summed E-state index contributed by atoms with van der Waals surface area (Å²) in [5.74, 6) is 0. The molecular weight excluding hydrogens is 242 g/mol. The third-order valence-corrected chi connectivity index (χ3v) is 5.06. The van der Waals surface area contributed by atoms with Crippen LogP contribution in [0.1, 0.15) is 43.2 Å². The van der Waals surface area contributed by atoms with Crippen LogP contribution < -0.4 is 5.32 Å². The first-order valence-corrected chi connectivity index (χ1v) is 7.05. The minimum absolute atomic E-state index is 0. The van der Waals surface area contributed by atoms with Gasteiger partial charge in [-0.25, -0.2) is 0 Å². The molecule has 0 heterocycles. The smallest absolute Gasteiger partial charge is 0.00644 e. The van der Waals surface area contributed by atoms with Gasteiger partial charge in [0.1, 0.15) is 0 Å². The van der Waals surface area contributed by atoms with Crippen molar-refractivity contribution in [3.63, 3.8) is 0 Å². The van der Waals surface area contributed by atoms with Crippen molar-refractivity contribution in [1.82, 2.24) is 5.32 Å². The van der Waals surface area contributed by atoms with Gasteiger partial charge in [-0.15, -0.1) is 12.4 Å². The van der Waals surface area contributed by atoms with E-state index in [4.69, 9.17) is 0 Å². The van der Waals surface area contributed by atoms with Gasteiger partial charge in [0.2, 0.25) is 0 Å². The molecule has 1 spiro atoms. The van der Waals surface area contributed by atoms with Gasteiger partial charge in [-0.2, -0.15) is 0 Å². The van der Waals surface area contributed by atoms with Gasteiger partial charge in [0.05, 0.1) is 0 Å². The summed E-state index contributed by atoms with van der Waals surface area (Å²) in [6.45, 7) is 0. The molecule has 0 saturated heterocycles. The van der Waals surface area contributed by atoms with E-state index in [1.807, 2.05) is 0 Å². The Kier molecular flexibility index (Phi) is 4.34. The fourth-order valence-electron chi connectivity index (χ4n) is 3.81. The van der Waals surface area contributed by atoms with E-state index < -0.39 is 0 Å². The Morgan fingerprint density at radius 2 is 1.72 bits per heavy atom. The van der Waals surface area contributed by atoms with E-state index in [1.54, 1.807) is 11.1 Å². The van der Waals surface area contributed by atoms with Gasteiger partial charge in [0, 0.05) is 6.04 Å². The summed E-state index contributed by atoms with van der Waals surface area (Å²) < 4.78 is 0. The number of hydrogen-bond acceptors (Lipinski definition) is 1. The van der Waals surface area contributed by atoms with Gasteiger partial charge >= 0.3 is 0 Å². The van der Waals surface area contributed by atoms with Crippen molar-refractivity contribution in [3.05, 3.63) is 35.4 Å². The van der Waals surface area contributed by atoms with Crippen LogP contribution in [0, 0.1) is 5.41 Å². The van der Waals surface area contributed by atoms with Crippen molar-refractivity contribution in [3.8, 4) is 0 Å². The van der Waals surface area contributed by atoms with E-state index >= 15 is 0 Å². The predicted octanol–water partition coefficient (Wildman–Crippen LogP) is 3.75. The monoisotopic (exact) mass is 265 g/mol. The Balaban J connectivity index is 0.00000120. The molecule has 2 heteroatoms. The normalized spacial score (nSPS) is 30.6. The first-order valence-electron chi connectivity index (χ1n) is 7.05. The number of benzene rings is 1. The number of aryl methyl sites for hydroxylation is 1.